The molecule has 0 aliphatic carbocycles. The van der Waals surface area contributed by atoms with Gasteiger partial charge in [-0.3, -0.25) is 9.59 Å². The highest BCUT2D eigenvalue weighted by molar-refractivity contribution is 7.80. The summed E-state index contributed by atoms with van der Waals surface area (Å²) < 4.78 is 45.6. The van der Waals surface area contributed by atoms with Gasteiger partial charge >= 0.3 is 5.97 Å². The van der Waals surface area contributed by atoms with Crippen molar-refractivity contribution in [3.05, 3.63) is 53.1 Å². The Morgan fingerprint density at radius 1 is 1.33 bits per heavy atom. The van der Waals surface area contributed by atoms with Gasteiger partial charge in [0.25, 0.3) is 17.3 Å². The molecule has 1 fully saturated rings. The van der Waals surface area contributed by atoms with Crippen LogP contribution < -0.4 is 25.9 Å². The van der Waals surface area contributed by atoms with Gasteiger partial charge in [-0.25, -0.2) is 22.8 Å². The van der Waals surface area contributed by atoms with E-state index in [1.165, 1.54) is 26.2 Å². The van der Waals surface area contributed by atoms with Crippen molar-refractivity contribution >= 4 is 56.7 Å². The first-order valence-corrected chi connectivity index (χ1v) is 18.8. The van der Waals surface area contributed by atoms with Crippen LogP contribution in [-0.4, -0.2) is 98.0 Å². The summed E-state index contributed by atoms with van der Waals surface area (Å²) in [4.78, 5) is 61.5. The highest BCUT2D eigenvalue weighted by Gasteiger charge is 2.57. The monoisotopic (exact) mass is 806 g/mol. The third-order valence-electron chi connectivity index (χ3n) is 9.23. The number of Topliss-reactive ketones (excluding diaryl/α,β-unsaturated/α-hetero) is 1. The Hall–Kier alpha value is -5.13. The number of carboxylic acids is 1. The average molecular weight is 807 g/mol. The SMILES string of the molecule is C[n+]1cc(-c2ccc3c(c2)CC[C@H]([C@](C)(O/N=C(\C(=O)C[C@@H]2C(=O)N(OS(=O)(=O)[O-])C2(C)C)c2csc(N)n2)C(=O)O)O3)cnc1CC[C@@H](O)CN.O=C[O-]. The number of β-lactam (4-membered cyclic amide) rings is 1. The van der Waals surface area contributed by atoms with E-state index >= 15 is 0 Å². The van der Waals surface area contributed by atoms with Gasteiger partial charge in [0, 0.05) is 24.8 Å². The second kappa shape index (κ2) is 17.1. The van der Waals surface area contributed by atoms with E-state index in [0.717, 1.165) is 33.9 Å². The number of aromatic nitrogens is 3. The molecule has 0 bridgehead atoms. The van der Waals surface area contributed by atoms with Gasteiger partial charge in [-0.1, -0.05) is 16.2 Å². The summed E-state index contributed by atoms with van der Waals surface area (Å²) in [7, 11) is -3.39. The van der Waals surface area contributed by atoms with Gasteiger partial charge in [0.2, 0.25) is 10.4 Å². The van der Waals surface area contributed by atoms with Crippen LogP contribution in [0.3, 0.4) is 0 Å². The van der Waals surface area contributed by atoms with Crippen LogP contribution in [0.4, 0.5) is 5.13 Å². The third kappa shape index (κ3) is 9.76. The number of aryl methyl sites for hydroxylation is 3. The standard InChI is InChI=1S/C32H39N7O11S2.CH2O2/c1-31(2)21(28(42)39(31)50-52(45,46)47)12-23(41)27(22-16-51-30(34)36-22)37-49-32(3,29(43)44)25-9-6-18-11-17(5-8-24(18)48-25)19-14-35-26(38(4)15-19)10-7-20(40)13-33;2-1-3/h5,8,11,14-16,20-21,25,40H,6-7,9-10,12-13,33H2,1-4H3,(H3-,34,36,43,44,45,46,47);1H,(H,2,3)/p-1/b37-27-;/t20-,21-,25-,32+;/m1./s1. The van der Waals surface area contributed by atoms with Gasteiger partial charge in [-0.2, -0.15) is 9.35 Å². The maximum Gasteiger partial charge on any atom is 0.354 e. The summed E-state index contributed by atoms with van der Waals surface area (Å²) in [5, 5.41) is 34.2. The molecule has 3 aromatic rings. The maximum absolute atomic E-state index is 13.6. The third-order valence-corrected chi connectivity index (χ3v) is 10.2. The van der Waals surface area contributed by atoms with Gasteiger partial charge in [-0.15, -0.1) is 11.3 Å². The number of carboxylic acid groups (broad SMARTS) is 2. The topological polar surface area (TPSA) is 314 Å². The molecule has 0 spiro atoms. The van der Waals surface area contributed by atoms with Crippen LogP contribution in [0.2, 0.25) is 0 Å². The van der Waals surface area contributed by atoms with Crippen LogP contribution in [0.25, 0.3) is 11.1 Å². The lowest BCUT2D eigenvalue weighted by molar-refractivity contribution is -0.682. The molecule has 0 saturated carbocycles. The zero-order valence-electron chi connectivity index (χ0n) is 30.1. The number of ether oxygens (including phenoxy) is 1. The number of aliphatic carboxylic acids is 1. The number of aliphatic hydroxyl groups excluding tert-OH is 1. The minimum absolute atomic E-state index is 0.0356. The number of aliphatic hydroxyl groups is 1. The van der Waals surface area contributed by atoms with Crippen LogP contribution in [-0.2, 0) is 58.6 Å². The van der Waals surface area contributed by atoms with Gasteiger partial charge < -0.3 is 45.7 Å². The number of anilines is 1. The molecule has 22 heteroatoms. The number of amides is 1. The summed E-state index contributed by atoms with van der Waals surface area (Å²) in [6.07, 6.45) is 3.15. The Kier molecular flexibility index (Phi) is 13.3. The van der Waals surface area contributed by atoms with Gasteiger partial charge in [0.15, 0.2) is 28.9 Å². The summed E-state index contributed by atoms with van der Waals surface area (Å²) in [6.45, 7) is 3.74. The number of nitrogen functional groups attached to an aromatic ring is 1. The molecule has 2 aliphatic heterocycles. The van der Waals surface area contributed by atoms with E-state index in [1.807, 2.05) is 29.9 Å². The Balaban J connectivity index is 0.00000217. The Morgan fingerprint density at radius 3 is 2.58 bits per heavy atom. The summed E-state index contributed by atoms with van der Waals surface area (Å²) in [5.74, 6) is -3.04. The molecule has 2 aliphatic rings. The van der Waals surface area contributed by atoms with Crippen molar-refractivity contribution in [3.8, 4) is 16.9 Å². The first-order valence-electron chi connectivity index (χ1n) is 16.6. The number of oxime groups is 1. The lowest BCUT2D eigenvalue weighted by atomic mass is 9.74. The maximum atomic E-state index is 13.6. The van der Waals surface area contributed by atoms with Crippen molar-refractivity contribution in [2.75, 3.05) is 12.3 Å². The fourth-order valence-corrected chi connectivity index (χ4v) is 6.97. The predicted molar refractivity (Wildman–Crippen MR) is 188 cm³/mol. The fraction of sp³-hybridized carbons (Fsp3) is 0.455. The van der Waals surface area contributed by atoms with Gasteiger partial charge in [0.05, 0.1) is 36.6 Å². The molecule has 1 saturated heterocycles. The van der Waals surface area contributed by atoms with Gasteiger partial charge in [-0.05, 0) is 63.3 Å². The predicted octanol–water partition coefficient (Wildman–Crippen LogP) is -1.22. The number of rotatable bonds is 15. The Bertz CT molecular complexity index is 2070. The van der Waals surface area contributed by atoms with E-state index in [-0.39, 0.29) is 23.8 Å². The van der Waals surface area contributed by atoms with Crippen molar-refractivity contribution < 1.29 is 65.9 Å². The molecule has 0 unspecified atom stereocenters. The quantitative estimate of drug-likeness (QED) is 0.0266. The van der Waals surface area contributed by atoms with Crippen molar-refractivity contribution in [1.29, 1.82) is 0 Å². The molecule has 1 amide bonds. The van der Waals surface area contributed by atoms with E-state index in [1.54, 1.807) is 12.3 Å². The molecule has 55 heavy (non-hydrogen) atoms. The summed E-state index contributed by atoms with van der Waals surface area (Å²) >= 11 is 0.982. The van der Waals surface area contributed by atoms with E-state index in [2.05, 4.69) is 19.4 Å². The number of carbonyl (C=O) groups is 4. The molecule has 0 radical (unpaired) electrons. The molecule has 5 rings (SSSR count). The highest BCUT2D eigenvalue weighted by atomic mass is 32.3. The molecule has 4 heterocycles. The number of nitrogens with zero attached hydrogens (tertiary/aromatic N) is 5. The summed E-state index contributed by atoms with van der Waals surface area (Å²) in [5.41, 5.74) is 9.88. The second-order valence-electron chi connectivity index (χ2n) is 13.3. The van der Waals surface area contributed by atoms with Crippen molar-refractivity contribution in [2.24, 2.45) is 23.9 Å². The van der Waals surface area contributed by atoms with E-state index in [9.17, 15) is 37.6 Å². The molecule has 1 aromatic carbocycles. The molecule has 2 aromatic heterocycles. The van der Waals surface area contributed by atoms with Gasteiger partial charge in [0.1, 0.15) is 17.6 Å². The number of carbonyl (C=O) groups excluding carboxylic acids is 3. The van der Waals surface area contributed by atoms with E-state index in [4.69, 9.17) is 30.9 Å². The number of fused-ring (bicyclic) bond motifs is 1. The molecular weight excluding hydrogens is 767 g/mol. The van der Waals surface area contributed by atoms with Crippen LogP contribution in [0.1, 0.15) is 57.1 Å². The number of hydrogen-bond donors (Lipinski definition) is 4. The van der Waals surface area contributed by atoms with Crippen LogP contribution in [0, 0.1) is 5.92 Å². The largest absolute Gasteiger partial charge is 0.724 e. The fourth-order valence-electron chi connectivity index (χ4n) is 5.97. The van der Waals surface area contributed by atoms with Crippen molar-refractivity contribution in [2.45, 2.75) is 76.2 Å². The first-order chi connectivity index (χ1) is 25.7. The van der Waals surface area contributed by atoms with Crippen LogP contribution in [0.5, 0.6) is 5.75 Å². The Morgan fingerprint density at radius 2 is 2.02 bits per heavy atom. The lowest BCUT2D eigenvalue weighted by Crippen LogP contribution is -2.68. The summed E-state index contributed by atoms with van der Waals surface area (Å²) in [6, 6.07) is 5.48. The number of benzene rings is 1. The number of hydroxylamine groups is 2. The second-order valence-corrected chi connectivity index (χ2v) is 15.2. The molecule has 4 atom stereocenters. The minimum atomic E-state index is -5.26. The lowest BCUT2D eigenvalue weighted by Gasteiger charge is -2.51. The molecule has 20 nitrogen and oxygen atoms in total. The Labute approximate surface area is 319 Å². The number of thiazole rings is 1. The first kappa shape index (κ1) is 42.6. The van der Waals surface area contributed by atoms with Crippen LogP contribution in [0.15, 0.2) is 41.1 Å². The van der Waals surface area contributed by atoms with Crippen molar-refractivity contribution in [3.63, 3.8) is 0 Å². The van der Waals surface area contributed by atoms with E-state index in [0.29, 0.717) is 30.1 Å². The van der Waals surface area contributed by atoms with E-state index < -0.39 is 75.9 Å². The molecule has 298 valence electrons. The number of ketones is 1. The molecule has 6 N–H and O–H groups in total. The van der Waals surface area contributed by atoms with Crippen molar-refractivity contribution in [1.82, 2.24) is 15.0 Å². The zero-order chi connectivity index (χ0) is 40.9. The molecular formula is C33H40N7O13S2-. The normalized spacial score (nSPS) is 19.4. The zero-order valence-corrected chi connectivity index (χ0v) is 31.7. The van der Waals surface area contributed by atoms with Crippen LogP contribution >= 0.6 is 11.3 Å². The minimum Gasteiger partial charge on any atom is -0.724 e. The smallest absolute Gasteiger partial charge is 0.354 e. The highest BCUT2D eigenvalue weighted by Crippen LogP contribution is 2.41. The number of hydrogen-bond acceptors (Lipinski definition) is 18. The average Bonchev–Trinajstić information content (AvgIpc) is 3.56. The number of nitrogens with two attached hydrogens (primary N) is 2.